The summed E-state index contributed by atoms with van der Waals surface area (Å²) in [6.45, 7) is 10.1. The molecule has 0 aliphatic rings. The van der Waals surface area contributed by atoms with Gasteiger partial charge in [-0.1, -0.05) is 0 Å². The van der Waals surface area contributed by atoms with Crippen molar-refractivity contribution < 1.29 is 23.9 Å². The van der Waals surface area contributed by atoms with Crippen molar-refractivity contribution in [1.29, 1.82) is 5.26 Å². The zero-order chi connectivity index (χ0) is 21.3. The van der Waals surface area contributed by atoms with E-state index >= 15 is 0 Å². The van der Waals surface area contributed by atoms with Crippen molar-refractivity contribution in [3.05, 3.63) is 27.8 Å². The molecule has 1 rings (SSSR count). The summed E-state index contributed by atoms with van der Waals surface area (Å²) in [5.41, 5.74) is 0.449. The minimum atomic E-state index is -0.775. The number of amides is 1. The van der Waals surface area contributed by atoms with Crippen molar-refractivity contribution in [1.82, 2.24) is 4.90 Å². The van der Waals surface area contributed by atoms with E-state index in [-0.39, 0.29) is 30.3 Å². The molecule has 0 radical (unpaired) electrons. The van der Waals surface area contributed by atoms with E-state index in [0.29, 0.717) is 28.5 Å². The van der Waals surface area contributed by atoms with Gasteiger partial charge in [-0.05, 0) is 40.2 Å². The first-order valence-electron chi connectivity index (χ1n) is 8.99. The molecule has 0 saturated heterocycles. The molecule has 0 aromatic carbocycles. The maximum Gasteiger partial charge on any atom is 0.350 e. The zero-order valence-electron chi connectivity index (χ0n) is 16.7. The third kappa shape index (κ3) is 5.33. The van der Waals surface area contributed by atoms with Gasteiger partial charge >= 0.3 is 11.9 Å². The molecule has 1 aromatic rings. The smallest absolute Gasteiger partial charge is 0.350 e. The molecule has 0 atom stereocenters. The number of carbonyl (C=O) groups is 3. The molecule has 8 nitrogen and oxygen atoms in total. The number of rotatable bonds is 9. The fraction of sp³-hybridized carbons (Fsp3) is 0.474. The molecule has 0 unspecified atom stereocenters. The molecule has 152 valence electrons. The van der Waals surface area contributed by atoms with E-state index in [2.05, 4.69) is 5.32 Å². The molecule has 9 heteroatoms. The number of carbonyl (C=O) groups excluding carboxylic acids is 3. The average Bonchev–Trinajstić information content (AvgIpc) is 3.00. The van der Waals surface area contributed by atoms with Crippen LogP contribution in [0, 0.1) is 18.3 Å². The highest BCUT2D eigenvalue weighted by molar-refractivity contribution is 7.18. The van der Waals surface area contributed by atoms with Gasteiger partial charge in [-0.25, -0.2) is 9.59 Å². The molecule has 0 fully saturated rings. The van der Waals surface area contributed by atoms with Gasteiger partial charge in [-0.15, -0.1) is 11.3 Å². The highest BCUT2D eigenvalue weighted by Crippen LogP contribution is 2.34. The van der Waals surface area contributed by atoms with Crippen LogP contribution < -0.4 is 5.32 Å². The summed E-state index contributed by atoms with van der Waals surface area (Å²) in [7, 11) is 0. The van der Waals surface area contributed by atoms with Crippen molar-refractivity contribution in [2.24, 2.45) is 0 Å². The SMILES string of the molecule is CCOC(=O)/C(C#N)=C/Nc1sc(C(=O)N(CC)CC)c(C)c1C(=O)OCC. The molecular formula is C19H25N3O5S. The van der Waals surface area contributed by atoms with Crippen LogP contribution in [0.3, 0.4) is 0 Å². The molecule has 1 aromatic heterocycles. The van der Waals surface area contributed by atoms with Crippen LogP contribution in [0.5, 0.6) is 0 Å². The number of anilines is 1. The minimum Gasteiger partial charge on any atom is -0.462 e. The number of esters is 2. The highest BCUT2D eigenvalue weighted by atomic mass is 32.1. The topological polar surface area (TPSA) is 109 Å². The largest absolute Gasteiger partial charge is 0.462 e. The summed E-state index contributed by atoms with van der Waals surface area (Å²) in [5.74, 6) is -1.55. The van der Waals surface area contributed by atoms with E-state index in [9.17, 15) is 14.4 Å². The van der Waals surface area contributed by atoms with Crippen LogP contribution in [-0.4, -0.2) is 49.0 Å². The summed E-state index contributed by atoms with van der Waals surface area (Å²) in [5, 5.41) is 12.3. The molecule has 1 N–H and O–H groups in total. The van der Waals surface area contributed by atoms with Gasteiger partial charge in [0, 0.05) is 19.3 Å². The first-order chi connectivity index (χ1) is 13.4. The number of nitrogens with one attached hydrogen (secondary N) is 1. The monoisotopic (exact) mass is 407 g/mol. The normalized spacial score (nSPS) is 10.8. The number of thiophene rings is 1. The Morgan fingerprint density at radius 3 is 2.25 bits per heavy atom. The van der Waals surface area contributed by atoms with Crippen LogP contribution in [0.4, 0.5) is 5.00 Å². The van der Waals surface area contributed by atoms with E-state index in [1.54, 1.807) is 31.7 Å². The van der Waals surface area contributed by atoms with Gasteiger partial charge in [0.05, 0.1) is 23.7 Å². The van der Waals surface area contributed by atoms with E-state index in [0.717, 1.165) is 17.5 Å². The van der Waals surface area contributed by atoms with Gasteiger partial charge in [0.15, 0.2) is 5.57 Å². The van der Waals surface area contributed by atoms with Crippen LogP contribution in [0.1, 0.15) is 53.3 Å². The zero-order valence-corrected chi connectivity index (χ0v) is 17.6. The van der Waals surface area contributed by atoms with E-state index in [1.807, 2.05) is 13.8 Å². The van der Waals surface area contributed by atoms with Gasteiger partial charge < -0.3 is 19.7 Å². The van der Waals surface area contributed by atoms with Gasteiger partial charge in [-0.2, -0.15) is 5.26 Å². The van der Waals surface area contributed by atoms with Crippen LogP contribution in [-0.2, 0) is 14.3 Å². The van der Waals surface area contributed by atoms with E-state index in [1.165, 1.54) is 0 Å². The number of hydrogen-bond donors (Lipinski definition) is 1. The second-order valence-corrected chi connectivity index (χ2v) is 6.51. The third-order valence-corrected chi connectivity index (χ3v) is 5.05. The summed E-state index contributed by atoms with van der Waals surface area (Å²) < 4.78 is 9.91. The standard InChI is InChI=1S/C19H25N3O5S/c1-6-22(7-2)17(23)15-12(5)14(19(25)27-9-4)16(28-15)21-11-13(10-20)18(24)26-8-3/h11,21H,6-9H2,1-5H3/b13-11+. The van der Waals surface area contributed by atoms with Gasteiger partial charge in [-0.3, -0.25) is 4.79 Å². The van der Waals surface area contributed by atoms with Crippen LogP contribution >= 0.6 is 11.3 Å². The van der Waals surface area contributed by atoms with Crippen LogP contribution in [0.2, 0.25) is 0 Å². The maximum absolute atomic E-state index is 12.8. The van der Waals surface area contributed by atoms with Crippen molar-refractivity contribution >= 4 is 34.2 Å². The van der Waals surface area contributed by atoms with Crippen molar-refractivity contribution in [2.75, 3.05) is 31.6 Å². The first-order valence-corrected chi connectivity index (χ1v) is 9.81. The lowest BCUT2D eigenvalue weighted by atomic mass is 10.1. The van der Waals surface area contributed by atoms with Gasteiger partial charge in [0.25, 0.3) is 5.91 Å². The number of nitrogens with zero attached hydrogens (tertiary/aromatic N) is 2. The Morgan fingerprint density at radius 2 is 1.75 bits per heavy atom. The molecule has 0 aliphatic carbocycles. The Hall–Kier alpha value is -2.86. The highest BCUT2D eigenvalue weighted by Gasteiger charge is 2.27. The molecular weight excluding hydrogens is 382 g/mol. The van der Waals surface area contributed by atoms with Gasteiger partial charge in [0.2, 0.25) is 0 Å². The number of ether oxygens (including phenoxy) is 2. The molecule has 0 aliphatic heterocycles. The summed E-state index contributed by atoms with van der Waals surface area (Å²) in [6.07, 6.45) is 1.16. The van der Waals surface area contributed by atoms with Crippen LogP contribution in [0.15, 0.2) is 11.8 Å². The quantitative estimate of drug-likeness (QED) is 0.380. The Balaban J connectivity index is 3.38. The molecule has 1 heterocycles. The second kappa shape index (κ2) is 11.1. The van der Waals surface area contributed by atoms with Crippen molar-refractivity contribution in [3.8, 4) is 6.07 Å². The molecule has 0 saturated carbocycles. The molecule has 1 amide bonds. The maximum atomic E-state index is 12.8. The van der Waals surface area contributed by atoms with Crippen molar-refractivity contribution in [3.63, 3.8) is 0 Å². The molecule has 28 heavy (non-hydrogen) atoms. The Labute approximate surface area is 168 Å². The average molecular weight is 407 g/mol. The third-order valence-electron chi connectivity index (χ3n) is 3.83. The Kier molecular flexibility index (Phi) is 9.18. The van der Waals surface area contributed by atoms with Crippen LogP contribution in [0.25, 0.3) is 0 Å². The predicted octanol–water partition coefficient (Wildman–Crippen LogP) is 3.10. The summed E-state index contributed by atoms with van der Waals surface area (Å²) in [4.78, 5) is 39.0. The lowest BCUT2D eigenvalue weighted by Crippen LogP contribution is -2.30. The molecule has 0 spiro atoms. The number of hydrogen-bond acceptors (Lipinski definition) is 8. The summed E-state index contributed by atoms with van der Waals surface area (Å²) >= 11 is 1.08. The van der Waals surface area contributed by atoms with E-state index in [4.69, 9.17) is 14.7 Å². The lowest BCUT2D eigenvalue weighted by Gasteiger charge is -2.18. The fourth-order valence-corrected chi connectivity index (χ4v) is 3.54. The number of nitriles is 1. The van der Waals surface area contributed by atoms with Crippen molar-refractivity contribution in [2.45, 2.75) is 34.6 Å². The second-order valence-electron chi connectivity index (χ2n) is 5.49. The van der Waals surface area contributed by atoms with E-state index < -0.39 is 11.9 Å². The molecule has 0 bridgehead atoms. The predicted molar refractivity (Wildman–Crippen MR) is 106 cm³/mol. The minimum absolute atomic E-state index is 0.132. The lowest BCUT2D eigenvalue weighted by molar-refractivity contribution is -0.138. The summed E-state index contributed by atoms with van der Waals surface area (Å²) in [6, 6.07) is 1.75. The Morgan fingerprint density at radius 1 is 1.14 bits per heavy atom. The first kappa shape index (κ1) is 23.2. The fourth-order valence-electron chi connectivity index (χ4n) is 2.41. The Bertz CT molecular complexity index is 803. The van der Waals surface area contributed by atoms with Gasteiger partial charge in [0.1, 0.15) is 11.1 Å².